The maximum absolute atomic E-state index is 10.9. The first kappa shape index (κ1) is 14.1. The molecule has 1 aromatic rings. The van der Waals surface area contributed by atoms with Gasteiger partial charge in [-0.05, 0) is 26.2 Å². The summed E-state index contributed by atoms with van der Waals surface area (Å²) < 4.78 is 0. The third kappa shape index (κ3) is 3.53. The molecule has 0 aliphatic rings. The van der Waals surface area contributed by atoms with Crippen molar-refractivity contribution in [3.63, 3.8) is 0 Å². The summed E-state index contributed by atoms with van der Waals surface area (Å²) in [5.74, 6) is 0. The molecule has 6 heteroatoms. The number of benzene rings is 1. The van der Waals surface area contributed by atoms with Crippen LogP contribution in [0.1, 0.15) is 10.4 Å². The largest absolute Gasteiger partial charge is 0.368 e. The van der Waals surface area contributed by atoms with Crippen LogP contribution < -0.4 is 4.90 Å². The molecule has 0 amide bonds. The van der Waals surface area contributed by atoms with E-state index in [1.165, 1.54) is 12.1 Å². The van der Waals surface area contributed by atoms with E-state index in [1.807, 2.05) is 19.0 Å². The summed E-state index contributed by atoms with van der Waals surface area (Å²) in [7, 11) is 5.65. The molecule has 1 rings (SSSR count). The highest BCUT2D eigenvalue weighted by atomic mass is 16.6. The summed E-state index contributed by atoms with van der Waals surface area (Å²) >= 11 is 0. The maximum atomic E-state index is 10.9. The van der Waals surface area contributed by atoms with E-state index in [0.29, 0.717) is 24.1 Å². The molecule has 0 bridgehead atoms. The summed E-state index contributed by atoms with van der Waals surface area (Å²) in [6.45, 7) is 1.43. The van der Waals surface area contributed by atoms with Crippen molar-refractivity contribution in [3.05, 3.63) is 33.9 Å². The Morgan fingerprint density at radius 2 is 1.94 bits per heavy atom. The molecular formula is C12H17N3O3. The number of anilines is 1. The number of hydrogen-bond donors (Lipinski definition) is 0. The zero-order chi connectivity index (χ0) is 13.7. The van der Waals surface area contributed by atoms with Gasteiger partial charge in [0.1, 0.15) is 12.0 Å². The van der Waals surface area contributed by atoms with E-state index in [1.54, 1.807) is 18.0 Å². The fraction of sp³-hybridized carbons (Fsp3) is 0.417. The van der Waals surface area contributed by atoms with Gasteiger partial charge in [-0.1, -0.05) is 0 Å². The van der Waals surface area contributed by atoms with Gasteiger partial charge in [-0.15, -0.1) is 0 Å². The number of nitro benzene ring substituents is 1. The van der Waals surface area contributed by atoms with Crippen LogP contribution in [0.4, 0.5) is 11.4 Å². The predicted molar refractivity (Wildman–Crippen MR) is 70.3 cm³/mol. The highest BCUT2D eigenvalue weighted by Crippen LogP contribution is 2.27. The maximum Gasteiger partial charge on any atom is 0.292 e. The number of nitro groups is 1. The molecule has 98 valence electrons. The number of rotatable bonds is 6. The van der Waals surface area contributed by atoms with Crippen LogP contribution in [0, 0.1) is 10.1 Å². The molecule has 0 aliphatic carbocycles. The Balaban J connectivity index is 3.02. The van der Waals surface area contributed by atoms with Gasteiger partial charge in [0.25, 0.3) is 5.69 Å². The van der Waals surface area contributed by atoms with E-state index in [0.717, 1.165) is 6.54 Å². The van der Waals surface area contributed by atoms with Gasteiger partial charge in [0.2, 0.25) is 0 Å². The molecule has 0 N–H and O–H groups in total. The number of likely N-dealkylation sites (N-methyl/N-ethyl adjacent to an activating group) is 2. The molecular weight excluding hydrogens is 234 g/mol. The lowest BCUT2D eigenvalue weighted by Crippen LogP contribution is -2.28. The van der Waals surface area contributed by atoms with E-state index in [2.05, 4.69) is 0 Å². The van der Waals surface area contributed by atoms with E-state index < -0.39 is 4.92 Å². The summed E-state index contributed by atoms with van der Waals surface area (Å²) in [6, 6.07) is 4.36. The van der Waals surface area contributed by atoms with E-state index in [9.17, 15) is 14.9 Å². The monoisotopic (exact) mass is 251 g/mol. The van der Waals surface area contributed by atoms with Gasteiger partial charge in [0, 0.05) is 31.8 Å². The van der Waals surface area contributed by atoms with Gasteiger partial charge in [-0.25, -0.2) is 0 Å². The zero-order valence-corrected chi connectivity index (χ0v) is 10.8. The van der Waals surface area contributed by atoms with Gasteiger partial charge >= 0.3 is 0 Å². The Morgan fingerprint density at radius 3 is 2.44 bits per heavy atom. The summed E-state index contributed by atoms with van der Waals surface area (Å²) in [5, 5.41) is 10.9. The second kappa shape index (κ2) is 6.11. The second-order valence-electron chi connectivity index (χ2n) is 4.35. The fourth-order valence-electron chi connectivity index (χ4n) is 1.54. The summed E-state index contributed by atoms with van der Waals surface area (Å²) in [6.07, 6.45) is 0.688. The van der Waals surface area contributed by atoms with Crippen molar-refractivity contribution in [1.29, 1.82) is 0 Å². The van der Waals surface area contributed by atoms with E-state index in [4.69, 9.17) is 0 Å². The lowest BCUT2D eigenvalue weighted by atomic mass is 10.1. The van der Waals surface area contributed by atoms with Gasteiger partial charge in [-0.3, -0.25) is 14.9 Å². The molecule has 0 aromatic heterocycles. The topological polar surface area (TPSA) is 66.7 Å². The van der Waals surface area contributed by atoms with Crippen LogP contribution in [0.3, 0.4) is 0 Å². The molecule has 0 fully saturated rings. The Hall–Kier alpha value is -1.95. The average Bonchev–Trinajstić information content (AvgIpc) is 2.34. The minimum atomic E-state index is -0.434. The van der Waals surface area contributed by atoms with Gasteiger partial charge < -0.3 is 9.80 Å². The highest BCUT2D eigenvalue weighted by Gasteiger charge is 2.17. The van der Waals surface area contributed by atoms with Crippen LogP contribution in [0.5, 0.6) is 0 Å². The van der Waals surface area contributed by atoms with Crippen molar-refractivity contribution in [2.45, 2.75) is 0 Å². The van der Waals surface area contributed by atoms with Crippen molar-refractivity contribution < 1.29 is 9.72 Å². The summed E-state index contributed by atoms with van der Waals surface area (Å²) in [5.41, 5.74) is 0.917. The number of aldehydes is 1. The molecule has 0 atom stereocenters. The van der Waals surface area contributed by atoms with Crippen LogP contribution in [0.25, 0.3) is 0 Å². The van der Waals surface area contributed by atoms with E-state index in [-0.39, 0.29) is 5.69 Å². The predicted octanol–water partition coefficient (Wildman–Crippen LogP) is 1.41. The number of carbonyl (C=O) groups is 1. The van der Waals surface area contributed by atoms with Crippen LogP contribution in [0.15, 0.2) is 18.2 Å². The first-order valence-electron chi connectivity index (χ1n) is 5.55. The van der Waals surface area contributed by atoms with Crippen molar-refractivity contribution >= 4 is 17.7 Å². The number of nitrogens with zero attached hydrogens (tertiary/aromatic N) is 3. The zero-order valence-electron chi connectivity index (χ0n) is 10.8. The van der Waals surface area contributed by atoms with Crippen molar-refractivity contribution in [3.8, 4) is 0 Å². The molecule has 6 nitrogen and oxygen atoms in total. The van der Waals surface area contributed by atoms with Crippen LogP contribution in [0.2, 0.25) is 0 Å². The Bertz CT molecular complexity index is 446. The minimum absolute atomic E-state index is 0.0156. The van der Waals surface area contributed by atoms with Gasteiger partial charge in [0.05, 0.1) is 4.92 Å². The molecule has 0 aliphatic heterocycles. The smallest absolute Gasteiger partial charge is 0.292 e. The number of hydrogen-bond acceptors (Lipinski definition) is 5. The molecule has 1 aromatic carbocycles. The fourth-order valence-corrected chi connectivity index (χ4v) is 1.54. The molecule has 0 radical (unpaired) electrons. The van der Waals surface area contributed by atoms with Crippen molar-refractivity contribution in [2.75, 3.05) is 39.1 Å². The molecule has 0 spiro atoms. The third-order valence-electron chi connectivity index (χ3n) is 2.63. The molecule has 0 saturated heterocycles. The van der Waals surface area contributed by atoms with Crippen LogP contribution >= 0.6 is 0 Å². The standard InChI is InChI=1S/C12H17N3O3/c1-13(2)6-7-14(3)12-8-10(9-16)4-5-11(12)15(17)18/h4-5,8-9H,6-7H2,1-3H3. The third-order valence-corrected chi connectivity index (χ3v) is 2.63. The van der Waals surface area contributed by atoms with E-state index >= 15 is 0 Å². The lowest BCUT2D eigenvalue weighted by Gasteiger charge is -2.21. The first-order chi connectivity index (χ1) is 8.45. The molecule has 0 unspecified atom stereocenters. The second-order valence-corrected chi connectivity index (χ2v) is 4.35. The van der Waals surface area contributed by atoms with Crippen molar-refractivity contribution in [2.24, 2.45) is 0 Å². The Labute approximate surface area is 106 Å². The average molecular weight is 251 g/mol. The SMILES string of the molecule is CN(C)CCN(C)c1cc(C=O)ccc1[N+](=O)[O-]. The Kier molecular flexibility index (Phi) is 4.79. The van der Waals surface area contributed by atoms with Gasteiger partial charge in [-0.2, -0.15) is 0 Å². The van der Waals surface area contributed by atoms with Crippen LogP contribution in [-0.2, 0) is 0 Å². The normalized spacial score (nSPS) is 10.4. The summed E-state index contributed by atoms with van der Waals surface area (Å²) in [4.78, 5) is 25.0. The Morgan fingerprint density at radius 1 is 1.28 bits per heavy atom. The highest BCUT2D eigenvalue weighted by molar-refractivity contribution is 5.80. The quantitative estimate of drug-likeness (QED) is 0.434. The number of carbonyl (C=O) groups excluding carboxylic acids is 1. The first-order valence-corrected chi connectivity index (χ1v) is 5.55. The van der Waals surface area contributed by atoms with Crippen LogP contribution in [-0.4, -0.2) is 50.3 Å². The molecule has 0 heterocycles. The van der Waals surface area contributed by atoms with Crippen molar-refractivity contribution in [1.82, 2.24) is 4.90 Å². The molecule has 0 saturated carbocycles. The lowest BCUT2D eigenvalue weighted by molar-refractivity contribution is -0.384. The molecule has 18 heavy (non-hydrogen) atoms. The minimum Gasteiger partial charge on any atom is -0.368 e. The van der Waals surface area contributed by atoms with Gasteiger partial charge in [0.15, 0.2) is 0 Å².